The second-order valence-electron chi connectivity index (χ2n) is 6.41. The number of nitrogens with zero attached hydrogens (tertiary/aromatic N) is 2. The van der Waals surface area contributed by atoms with E-state index in [1.807, 2.05) is 43.0 Å². The second-order valence-corrected chi connectivity index (χ2v) is 6.81. The fourth-order valence-electron chi connectivity index (χ4n) is 3.12. The van der Waals surface area contributed by atoms with Crippen molar-refractivity contribution in [2.75, 3.05) is 31.3 Å². The number of anilines is 2. The van der Waals surface area contributed by atoms with Crippen LogP contribution in [-0.2, 0) is 4.74 Å². The van der Waals surface area contributed by atoms with Gasteiger partial charge in [0.25, 0.3) is 0 Å². The minimum Gasteiger partial charge on any atom is -0.492 e. The van der Waals surface area contributed by atoms with Crippen molar-refractivity contribution in [2.45, 2.75) is 19.9 Å². The Morgan fingerprint density at radius 2 is 1.97 bits per heavy atom. The van der Waals surface area contributed by atoms with Crippen LogP contribution in [0.25, 0.3) is 10.9 Å². The lowest BCUT2D eigenvalue weighted by atomic mass is 10.1. The van der Waals surface area contributed by atoms with Crippen molar-refractivity contribution in [3.8, 4) is 5.75 Å². The largest absolute Gasteiger partial charge is 0.492 e. The highest BCUT2D eigenvalue weighted by atomic mass is 35.5. The third-order valence-electron chi connectivity index (χ3n) is 4.45. The summed E-state index contributed by atoms with van der Waals surface area (Å²) in [5, 5.41) is 0.994. The van der Waals surface area contributed by atoms with E-state index in [-0.39, 0.29) is 11.1 Å². The predicted octanol–water partition coefficient (Wildman–Crippen LogP) is 4.93. The molecule has 0 aliphatic carbocycles. The number of pyridine rings is 1. The van der Waals surface area contributed by atoms with E-state index in [1.165, 1.54) is 6.07 Å². The molecule has 1 aliphatic heterocycles. The van der Waals surface area contributed by atoms with Crippen molar-refractivity contribution < 1.29 is 13.9 Å². The molecule has 1 aliphatic rings. The summed E-state index contributed by atoms with van der Waals surface area (Å²) in [7, 11) is 0. The van der Waals surface area contributed by atoms with Gasteiger partial charge in [-0.3, -0.25) is 4.98 Å². The van der Waals surface area contributed by atoms with Crippen molar-refractivity contribution in [2.24, 2.45) is 5.73 Å². The van der Waals surface area contributed by atoms with E-state index in [9.17, 15) is 4.39 Å². The van der Waals surface area contributed by atoms with Crippen LogP contribution >= 0.6 is 11.6 Å². The third kappa shape index (κ3) is 4.96. The molecular formula is C22H25ClFN3O2. The van der Waals surface area contributed by atoms with Gasteiger partial charge >= 0.3 is 0 Å². The van der Waals surface area contributed by atoms with Gasteiger partial charge in [-0.2, -0.15) is 0 Å². The molecule has 4 rings (SSSR count). The smallest absolute Gasteiger partial charge is 0.141 e. The molecule has 1 unspecified atom stereocenters. The highest BCUT2D eigenvalue weighted by Crippen LogP contribution is 2.35. The van der Waals surface area contributed by atoms with Crippen LogP contribution in [0.4, 0.5) is 15.8 Å². The highest BCUT2D eigenvalue weighted by Gasteiger charge is 2.17. The van der Waals surface area contributed by atoms with Crippen LogP contribution in [0.1, 0.15) is 13.8 Å². The summed E-state index contributed by atoms with van der Waals surface area (Å²) in [6.45, 7) is 5.77. The number of rotatable bonds is 1. The number of hydrogen-bond acceptors (Lipinski definition) is 5. The molecule has 2 bridgehead atoms. The van der Waals surface area contributed by atoms with E-state index < -0.39 is 5.82 Å². The lowest BCUT2D eigenvalue weighted by Gasteiger charge is -2.27. The van der Waals surface area contributed by atoms with E-state index >= 15 is 0 Å². The molecule has 2 heterocycles. The molecule has 0 spiro atoms. The van der Waals surface area contributed by atoms with Gasteiger partial charge in [-0.25, -0.2) is 4.39 Å². The van der Waals surface area contributed by atoms with Gasteiger partial charge in [0, 0.05) is 23.8 Å². The van der Waals surface area contributed by atoms with Crippen LogP contribution in [-0.4, -0.2) is 37.4 Å². The fraction of sp³-hybridized carbons (Fsp3) is 0.318. The number of benzene rings is 2. The van der Waals surface area contributed by atoms with Gasteiger partial charge in [0.1, 0.15) is 18.2 Å². The fourth-order valence-corrected chi connectivity index (χ4v) is 3.29. The summed E-state index contributed by atoms with van der Waals surface area (Å²) < 4.78 is 25.2. The van der Waals surface area contributed by atoms with Gasteiger partial charge < -0.3 is 20.1 Å². The Morgan fingerprint density at radius 3 is 2.76 bits per heavy atom. The Bertz CT molecular complexity index is 970. The number of hydrogen-bond donors (Lipinski definition) is 1. The van der Waals surface area contributed by atoms with Crippen molar-refractivity contribution in [1.82, 2.24) is 4.98 Å². The molecule has 7 heteroatoms. The molecule has 0 fully saturated rings. The molecule has 29 heavy (non-hydrogen) atoms. The first kappa shape index (κ1) is 21.3. The molecule has 3 aromatic rings. The number of ether oxygens (including phenoxy) is 2. The third-order valence-corrected chi connectivity index (χ3v) is 4.74. The molecule has 5 nitrogen and oxygen atoms in total. The Labute approximate surface area is 175 Å². The average Bonchev–Trinajstić information content (AvgIpc) is 2.75. The van der Waals surface area contributed by atoms with Gasteiger partial charge in [0.15, 0.2) is 0 Å². The van der Waals surface area contributed by atoms with Gasteiger partial charge in [0.2, 0.25) is 0 Å². The monoisotopic (exact) mass is 417 g/mol. The molecule has 0 amide bonds. The van der Waals surface area contributed by atoms with Crippen LogP contribution in [0, 0.1) is 5.82 Å². The topological polar surface area (TPSA) is 60.6 Å². The Morgan fingerprint density at radius 1 is 1.14 bits per heavy atom. The van der Waals surface area contributed by atoms with Gasteiger partial charge in [-0.05, 0) is 42.5 Å². The Kier molecular flexibility index (Phi) is 7.25. The molecule has 2 aromatic carbocycles. The van der Waals surface area contributed by atoms with Gasteiger partial charge in [-0.1, -0.05) is 25.4 Å². The molecule has 2 N–H and O–H groups in total. The standard InChI is InChI=1S/C20H19ClFN3O2.C2H6/c21-17-9-14(1-3-18(17)22)25-7-8-26-11-13(23)12-27-15-2-4-19-16(10-15)20(25)5-6-24-19;1-2/h1-6,9-10,13H,7-8,11-12,23H2;1-2H3. The molecule has 0 saturated heterocycles. The summed E-state index contributed by atoms with van der Waals surface area (Å²) in [5.41, 5.74) is 8.56. The predicted molar refractivity (Wildman–Crippen MR) is 116 cm³/mol. The lowest BCUT2D eigenvalue weighted by molar-refractivity contribution is 0.111. The molecule has 0 radical (unpaired) electrons. The number of nitrogens with two attached hydrogens (primary N) is 1. The Hall–Kier alpha value is -2.41. The molecular weight excluding hydrogens is 393 g/mol. The van der Waals surface area contributed by atoms with Crippen LogP contribution in [0.5, 0.6) is 5.75 Å². The SMILES string of the molecule is CC.NC1COCCN(c2ccc(F)c(Cl)c2)c2ccnc3ccc(cc23)OC1. The number of aromatic nitrogens is 1. The summed E-state index contributed by atoms with van der Waals surface area (Å²) in [4.78, 5) is 6.47. The molecule has 0 saturated carbocycles. The first-order valence-corrected chi connectivity index (χ1v) is 10.1. The Balaban J connectivity index is 0.00000117. The van der Waals surface area contributed by atoms with E-state index in [0.29, 0.717) is 32.1 Å². The maximum Gasteiger partial charge on any atom is 0.141 e. The van der Waals surface area contributed by atoms with Gasteiger partial charge in [0.05, 0.1) is 35.5 Å². The van der Waals surface area contributed by atoms with Crippen molar-refractivity contribution in [3.05, 3.63) is 59.5 Å². The van der Waals surface area contributed by atoms with Crippen LogP contribution in [0.3, 0.4) is 0 Å². The highest BCUT2D eigenvalue weighted by molar-refractivity contribution is 6.31. The van der Waals surface area contributed by atoms with Crippen molar-refractivity contribution in [3.63, 3.8) is 0 Å². The van der Waals surface area contributed by atoms with Crippen molar-refractivity contribution in [1.29, 1.82) is 0 Å². The van der Waals surface area contributed by atoms with Crippen LogP contribution < -0.4 is 15.4 Å². The molecule has 1 aromatic heterocycles. The first-order chi connectivity index (χ1) is 14.1. The minimum atomic E-state index is -0.452. The summed E-state index contributed by atoms with van der Waals surface area (Å²) in [6.07, 6.45) is 1.75. The quantitative estimate of drug-likeness (QED) is 0.608. The number of halogens is 2. The van der Waals surface area contributed by atoms with E-state index in [0.717, 1.165) is 22.3 Å². The minimum absolute atomic E-state index is 0.0731. The average molecular weight is 418 g/mol. The van der Waals surface area contributed by atoms with Crippen LogP contribution in [0.2, 0.25) is 5.02 Å². The van der Waals surface area contributed by atoms with Crippen LogP contribution in [0.15, 0.2) is 48.7 Å². The second kappa shape index (κ2) is 9.87. The summed E-state index contributed by atoms with van der Waals surface area (Å²) in [5.74, 6) is 0.261. The maximum atomic E-state index is 13.7. The van der Waals surface area contributed by atoms with E-state index in [1.54, 1.807) is 18.3 Å². The van der Waals surface area contributed by atoms with Gasteiger partial charge in [-0.15, -0.1) is 0 Å². The number of fused-ring (bicyclic) bond motifs is 1. The van der Waals surface area contributed by atoms with E-state index in [4.69, 9.17) is 26.8 Å². The summed E-state index contributed by atoms with van der Waals surface area (Å²) in [6, 6.07) is 12.1. The molecule has 154 valence electrons. The zero-order chi connectivity index (χ0) is 20.8. The first-order valence-electron chi connectivity index (χ1n) is 9.69. The molecule has 1 atom stereocenters. The van der Waals surface area contributed by atoms with Crippen molar-refractivity contribution >= 4 is 33.9 Å². The zero-order valence-electron chi connectivity index (χ0n) is 16.6. The summed E-state index contributed by atoms with van der Waals surface area (Å²) >= 11 is 6.02. The van der Waals surface area contributed by atoms with E-state index in [2.05, 4.69) is 4.98 Å². The zero-order valence-corrected chi connectivity index (χ0v) is 17.3. The lowest BCUT2D eigenvalue weighted by Crippen LogP contribution is -2.34. The maximum absolute atomic E-state index is 13.7. The normalized spacial score (nSPS) is 17.0.